The van der Waals surface area contributed by atoms with E-state index in [9.17, 15) is 4.79 Å². The molecular formula is C9H16N4O. The number of nitrogens with one attached hydrogen (secondary N) is 1. The third-order valence-corrected chi connectivity index (χ3v) is 2.10. The summed E-state index contributed by atoms with van der Waals surface area (Å²) in [6, 6.07) is 0.0205. The molecule has 0 aliphatic heterocycles. The first-order chi connectivity index (χ1) is 6.65. The van der Waals surface area contributed by atoms with Crippen molar-refractivity contribution in [1.82, 2.24) is 14.9 Å². The average Bonchev–Trinajstić information content (AvgIpc) is 2.60. The molecule has 0 saturated heterocycles. The third kappa shape index (κ3) is 2.56. The zero-order valence-electron chi connectivity index (χ0n) is 8.53. The molecule has 1 aromatic heterocycles. The highest BCUT2D eigenvalue weighted by Gasteiger charge is 2.09. The van der Waals surface area contributed by atoms with Crippen LogP contribution < -0.4 is 11.1 Å². The molecule has 0 bridgehead atoms. The molecule has 0 spiro atoms. The standard InChI is InChI=1S/C9H16N4O/c1-3-7(10)4-12-9(14)8-5-11-6-13(8)2/h5-7H,3-4,10H2,1-2H3,(H,12,14). The van der Waals surface area contributed by atoms with Crippen molar-refractivity contribution in [3.05, 3.63) is 18.2 Å². The van der Waals surface area contributed by atoms with E-state index < -0.39 is 0 Å². The summed E-state index contributed by atoms with van der Waals surface area (Å²) >= 11 is 0. The van der Waals surface area contributed by atoms with E-state index in [1.807, 2.05) is 6.92 Å². The minimum atomic E-state index is -0.131. The molecule has 1 rings (SSSR count). The van der Waals surface area contributed by atoms with E-state index in [1.165, 1.54) is 6.20 Å². The highest BCUT2D eigenvalue weighted by molar-refractivity contribution is 5.92. The second kappa shape index (κ2) is 4.76. The second-order valence-electron chi connectivity index (χ2n) is 3.27. The van der Waals surface area contributed by atoms with Crippen LogP contribution in [0.15, 0.2) is 12.5 Å². The number of aryl methyl sites for hydroxylation is 1. The number of nitrogens with two attached hydrogens (primary N) is 1. The van der Waals surface area contributed by atoms with Gasteiger partial charge in [-0.05, 0) is 6.42 Å². The number of carbonyl (C=O) groups is 1. The Kier molecular flexibility index (Phi) is 3.64. The van der Waals surface area contributed by atoms with Crippen molar-refractivity contribution < 1.29 is 4.79 Å². The molecule has 14 heavy (non-hydrogen) atoms. The highest BCUT2D eigenvalue weighted by atomic mass is 16.1. The maximum absolute atomic E-state index is 11.5. The summed E-state index contributed by atoms with van der Waals surface area (Å²) < 4.78 is 1.67. The van der Waals surface area contributed by atoms with Gasteiger partial charge in [0.25, 0.3) is 5.91 Å². The lowest BCUT2D eigenvalue weighted by Crippen LogP contribution is -2.37. The molecule has 1 heterocycles. The van der Waals surface area contributed by atoms with Crippen LogP contribution in [0.1, 0.15) is 23.8 Å². The van der Waals surface area contributed by atoms with Crippen molar-refractivity contribution >= 4 is 5.91 Å². The SMILES string of the molecule is CCC(N)CNC(=O)c1cncn1C. The normalized spacial score (nSPS) is 12.5. The fraction of sp³-hybridized carbons (Fsp3) is 0.556. The quantitative estimate of drug-likeness (QED) is 0.705. The van der Waals surface area contributed by atoms with Crippen LogP contribution in [-0.4, -0.2) is 28.0 Å². The molecule has 3 N–H and O–H groups in total. The van der Waals surface area contributed by atoms with Crippen LogP contribution in [-0.2, 0) is 7.05 Å². The van der Waals surface area contributed by atoms with Gasteiger partial charge >= 0.3 is 0 Å². The van der Waals surface area contributed by atoms with Crippen molar-refractivity contribution in [3.63, 3.8) is 0 Å². The Labute approximate surface area is 83.3 Å². The Morgan fingerprint density at radius 2 is 2.50 bits per heavy atom. The van der Waals surface area contributed by atoms with Crippen LogP contribution in [0.3, 0.4) is 0 Å². The van der Waals surface area contributed by atoms with Gasteiger partial charge in [0.05, 0.1) is 12.5 Å². The van der Waals surface area contributed by atoms with E-state index in [0.29, 0.717) is 12.2 Å². The van der Waals surface area contributed by atoms with Crippen molar-refractivity contribution in [1.29, 1.82) is 0 Å². The molecule has 1 atom stereocenters. The largest absolute Gasteiger partial charge is 0.349 e. The van der Waals surface area contributed by atoms with E-state index in [0.717, 1.165) is 6.42 Å². The fourth-order valence-corrected chi connectivity index (χ4v) is 1.03. The first-order valence-electron chi connectivity index (χ1n) is 4.65. The Morgan fingerprint density at radius 3 is 3.00 bits per heavy atom. The van der Waals surface area contributed by atoms with Crippen LogP contribution in [0.5, 0.6) is 0 Å². The molecule has 0 radical (unpaired) electrons. The van der Waals surface area contributed by atoms with Gasteiger partial charge in [-0.3, -0.25) is 4.79 Å². The lowest BCUT2D eigenvalue weighted by atomic mass is 10.2. The molecule has 5 nitrogen and oxygen atoms in total. The predicted octanol–water partition coefficient (Wildman–Crippen LogP) is -0.113. The maximum atomic E-state index is 11.5. The predicted molar refractivity (Wildman–Crippen MR) is 53.8 cm³/mol. The van der Waals surface area contributed by atoms with Crippen LogP contribution in [0.4, 0.5) is 0 Å². The topological polar surface area (TPSA) is 72.9 Å². The number of aromatic nitrogens is 2. The molecule has 0 aliphatic carbocycles. The van der Waals surface area contributed by atoms with Crippen molar-refractivity contribution in [2.24, 2.45) is 12.8 Å². The summed E-state index contributed by atoms with van der Waals surface area (Å²) in [6.07, 6.45) is 3.98. The average molecular weight is 196 g/mol. The van der Waals surface area contributed by atoms with Gasteiger partial charge in [-0.1, -0.05) is 6.92 Å². The zero-order chi connectivity index (χ0) is 10.6. The maximum Gasteiger partial charge on any atom is 0.269 e. The number of amides is 1. The minimum Gasteiger partial charge on any atom is -0.349 e. The van der Waals surface area contributed by atoms with Gasteiger partial charge in [0.2, 0.25) is 0 Å². The summed E-state index contributed by atoms with van der Waals surface area (Å²) in [7, 11) is 1.78. The number of rotatable bonds is 4. The highest BCUT2D eigenvalue weighted by Crippen LogP contribution is 1.95. The summed E-state index contributed by atoms with van der Waals surface area (Å²) in [5.74, 6) is -0.131. The smallest absolute Gasteiger partial charge is 0.269 e. The van der Waals surface area contributed by atoms with Gasteiger partial charge in [-0.15, -0.1) is 0 Å². The van der Waals surface area contributed by atoms with Crippen LogP contribution in [0, 0.1) is 0 Å². The molecule has 0 aliphatic rings. The van der Waals surface area contributed by atoms with Gasteiger partial charge < -0.3 is 15.6 Å². The van der Waals surface area contributed by atoms with Crippen molar-refractivity contribution in [3.8, 4) is 0 Å². The summed E-state index contributed by atoms with van der Waals surface area (Å²) in [5.41, 5.74) is 6.22. The number of imidazole rings is 1. The lowest BCUT2D eigenvalue weighted by Gasteiger charge is -2.10. The Morgan fingerprint density at radius 1 is 1.79 bits per heavy atom. The molecule has 5 heteroatoms. The Balaban J connectivity index is 2.47. The number of hydrogen-bond acceptors (Lipinski definition) is 3. The van der Waals surface area contributed by atoms with E-state index in [-0.39, 0.29) is 11.9 Å². The molecule has 1 amide bonds. The van der Waals surface area contributed by atoms with E-state index in [2.05, 4.69) is 10.3 Å². The first kappa shape index (κ1) is 10.7. The summed E-state index contributed by atoms with van der Waals surface area (Å²) in [4.78, 5) is 15.4. The summed E-state index contributed by atoms with van der Waals surface area (Å²) in [6.45, 7) is 2.49. The monoisotopic (exact) mass is 196 g/mol. The molecule has 0 saturated carbocycles. The van der Waals surface area contributed by atoms with Gasteiger partial charge in [0.1, 0.15) is 5.69 Å². The van der Waals surface area contributed by atoms with Gasteiger partial charge in [0.15, 0.2) is 0 Å². The van der Waals surface area contributed by atoms with E-state index >= 15 is 0 Å². The molecule has 1 unspecified atom stereocenters. The van der Waals surface area contributed by atoms with Gasteiger partial charge in [-0.25, -0.2) is 4.98 Å². The molecular weight excluding hydrogens is 180 g/mol. The summed E-state index contributed by atoms with van der Waals surface area (Å²) in [5, 5.41) is 2.75. The molecule has 78 valence electrons. The fourth-order valence-electron chi connectivity index (χ4n) is 1.03. The Hall–Kier alpha value is -1.36. The zero-order valence-corrected chi connectivity index (χ0v) is 8.53. The molecule has 1 aromatic rings. The third-order valence-electron chi connectivity index (χ3n) is 2.10. The van der Waals surface area contributed by atoms with E-state index in [1.54, 1.807) is 17.9 Å². The first-order valence-corrected chi connectivity index (χ1v) is 4.65. The molecule has 0 fully saturated rings. The van der Waals surface area contributed by atoms with Crippen LogP contribution in [0.2, 0.25) is 0 Å². The minimum absolute atomic E-state index is 0.0205. The second-order valence-corrected chi connectivity index (χ2v) is 3.27. The lowest BCUT2D eigenvalue weighted by molar-refractivity contribution is 0.0943. The van der Waals surface area contributed by atoms with Gasteiger partial charge in [0, 0.05) is 19.6 Å². The Bertz CT molecular complexity index is 308. The van der Waals surface area contributed by atoms with Crippen LogP contribution >= 0.6 is 0 Å². The number of carbonyl (C=O) groups excluding carboxylic acids is 1. The van der Waals surface area contributed by atoms with Crippen molar-refractivity contribution in [2.75, 3.05) is 6.54 Å². The van der Waals surface area contributed by atoms with Crippen molar-refractivity contribution in [2.45, 2.75) is 19.4 Å². The molecule has 0 aromatic carbocycles. The van der Waals surface area contributed by atoms with Crippen LogP contribution in [0.25, 0.3) is 0 Å². The van der Waals surface area contributed by atoms with E-state index in [4.69, 9.17) is 5.73 Å². The number of nitrogens with zero attached hydrogens (tertiary/aromatic N) is 2. The number of hydrogen-bond donors (Lipinski definition) is 2. The van der Waals surface area contributed by atoms with Gasteiger partial charge in [-0.2, -0.15) is 0 Å².